The van der Waals surface area contributed by atoms with Crippen LogP contribution in [0.2, 0.25) is 0 Å². The van der Waals surface area contributed by atoms with Crippen molar-refractivity contribution in [2.24, 2.45) is 0 Å². The molecule has 0 unspecified atom stereocenters. The number of benzene rings is 2. The van der Waals surface area contributed by atoms with Crippen molar-refractivity contribution >= 4 is 78.8 Å². The van der Waals surface area contributed by atoms with E-state index in [1.807, 2.05) is 30.3 Å². The predicted octanol–water partition coefficient (Wildman–Crippen LogP) is 3.60. The Labute approximate surface area is 300 Å². The second kappa shape index (κ2) is 12.9. The molecule has 4 heterocycles. The van der Waals surface area contributed by atoms with Crippen LogP contribution >= 0.6 is 22.7 Å². The van der Waals surface area contributed by atoms with Gasteiger partial charge >= 0.3 is 29.6 Å². The van der Waals surface area contributed by atoms with Gasteiger partial charge < -0.3 is 14.0 Å². The number of nitrogens with zero attached hydrogens (tertiary/aromatic N) is 2. The Kier molecular flexibility index (Phi) is 9.91. The second-order valence-corrected chi connectivity index (χ2v) is 17.7. The normalized spacial score (nSPS) is 18.2. The minimum atomic E-state index is -4.34. The third-order valence-electron chi connectivity index (χ3n) is 8.82. The Hall–Kier alpha value is -1.87. The zero-order valence-electron chi connectivity index (χ0n) is 26.6. The summed E-state index contributed by atoms with van der Waals surface area (Å²) in [6.45, 7) is 9.46. The molecule has 2 aliphatic heterocycles. The summed E-state index contributed by atoms with van der Waals surface area (Å²) in [6.07, 6.45) is 6.58. The summed E-state index contributed by atoms with van der Waals surface area (Å²) in [7, 11) is -8.67. The molecule has 0 spiro atoms. The second-order valence-electron chi connectivity index (χ2n) is 12.6. The summed E-state index contributed by atoms with van der Waals surface area (Å²) >= 11 is 3.34. The molecule has 0 fully saturated rings. The quantitative estimate of drug-likeness (QED) is 0.140. The first-order chi connectivity index (χ1) is 21.1. The number of allylic oxidation sites excluding steroid dienone is 4. The van der Waals surface area contributed by atoms with Gasteiger partial charge in [0.25, 0.3) is 5.00 Å². The third kappa shape index (κ3) is 6.57. The first kappa shape index (κ1) is 35.4. The molecule has 0 amide bonds. The van der Waals surface area contributed by atoms with Gasteiger partial charge in [0.2, 0.25) is 0 Å². The van der Waals surface area contributed by atoms with E-state index in [0.29, 0.717) is 13.1 Å². The van der Waals surface area contributed by atoms with Crippen LogP contribution in [0.1, 0.15) is 51.7 Å². The number of thiophene rings is 2. The molecule has 0 aliphatic carbocycles. The van der Waals surface area contributed by atoms with E-state index in [0.717, 1.165) is 30.8 Å². The summed E-state index contributed by atoms with van der Waals surface area (Å²) in [5.41, 5.74) is 3.63. The Bertz CT molecular complexity index is 2140. The molecular formula is C33H35N2NaO6S4. The fourth-order valence-corrected chi connectivity index (χ4v) is 10.6. The number of fused-ring (bicyclic) bond motifs is 6. The van der Waals surface area contributed by atoms with E-state index in [1.54, 1.807) is 22.7 Å². The molecule has 13 heteroatoms. The molecule has 2 aromatic carbocycles. The van der Waals surface area contributed by atoms with Crippen molar-refractivity contribution < 1.29 is 60.1 Å². The molecule has 0 saturated carbocycles. The molecule has 2 aromatic heterocycles. The van der Waals surface area contributed by atoms with Gasteiger partial charge in [-0.2, -0.15) is 4.58 Å². The molecule has 46 heavy (non-hydrogen) atoms. The van der Waals surface area contributed by atoms with Crippen LogP contribution in [0.4, 0.5) is 10.0 Å². The van der Waals surface area contributed by atoms with Gasteiger partial charge in [-0.1, -0.05) is 67.7 Å². The predicted molar refractivity (Wildman–Crippen MR) is 182 cm³/mol. The Balaban J connectivity index is 0.00000417. The van der Waals surface area contributed by atoms with Crippen LogP contribution < -0.4 is 34.5 Å². The van der Waals surface area contributed by atoms with E-state index in [4.69, 9.17) is 0 Å². The topological polar surface area (TPSA) is 121 Å². The zero-order chi connectivity index (χ0) is 32.4. The van der Waals surface area contributed by atoms with Crippen LogP contribution in [0.15, 0.2) is 72.5 Å². The maximum absolute atomic E-state index is 11.4. The van der Waals surface area contributed by atoms with Gasteiger partial charge in [0.1, 0.15) is 5.00 Å². The molecule has 238 valence electrons. The van der Waals surface area contributed by atoms with Gasteiger partial charge in [-0.3, -0.25) is 0 Å². The van der Waals surface area contributed by atoms with Gasteiger partial charge in [-0.25, -0.2) is 16.8 Å². The van der Waals surface area contributed by atoms with E-state index in [9.17, 15) is 25.9 Å². The summed E-state index contributed by atoms with van der Waals surface area (Å²) in [6, 6.07) is 16.5. The molecule has 8 nitrogen and oxygen atoms in total. The number of anilines is 1. The maximum atomic E-state index is 11.4. The fraction of sp³-hybridized carbons (Fsp3) is 0.364. The molecule has 6 rings (SSSR count). The zero-order valence-corrected chi connectivity index (χ0v) is 31.8. The Morgan fingerprint density at radius 3 is 2.00 bits per heavy atom. The standard InChI is InChI=1S/C33H36N2O6S4.Na/c1-32(2)26(34(18-10-20-44(36,37)38)30-28(32)22-12-5-7-14-24(22)42-30)16-9-17-27-33(3,4)29-23-13-6-8-15-25(23)43-31(29)35(27)19-11-21-45(39,40)41;/h5-9,12-17H,10-11,18-21H2,1-4H3,(H-,36,37,38,39,40,41);/q;+1/p-1. The molecular weight excluding hydrogens is 672 g/mol. The summed E-state index contributed by atoms with van der Waals surface area (Å²) in [5.74, 6) is -0.854. The van der Waals surface area contributed by atoms with Crippen molar-refractivity contribution in [3.05, 3.63) is 83.6 Å². The van der Waals surface area contributed by atoms with E-state index < -0.39 is 31.7 Å². The fourth-order valence-electron chi connectivity index (χ4n) is 6.87. The average Bonchev–Trinajstić information content (AvgIpc) is 3.62. The van der Waals surface area contributed by atoms with Crippen molar-refractivity contribution in [3.63, 3.8) is 0 Å². The van der Waals surface area contributed by atoms with Crippen LogP contribution in [-0.4, -0.2) is 60.8 Å². The van der Waals surface area contributed by atoms with Crippen LogP contribution in [-0.2, 0) is 31.1 Å². The first-order valence-electron chi connectivity index (χ1n) is 14.8. The third-order valence-corrected chi connectivity index (χ3v) is 12.8. The van der Waals surface area contributed by atoms with E-state index in [1.165, 1.54) is 21.9 Å². The smallest absolute Gasteiger partial charge is 0.748 e. The molecule has 4 aromatic rings. The van der Waals surface area contributed by atoms with Crippen molar-refractivity contribution in [2.75, 3.05) is 29.5 Å². The average molecular weight is 707 g/mol. The van der Waals surface area contributed by atoms with E-state index in [2.05, 4.69) is 73.6 Å². The molecule has 0 radical (unpaired) electrons. The molecule has 2 aliphatic rings. The van der Waals surface area contributed by atoms with Crippen molar-refractivity contribution in [1.82, 2.24) is 0 Å². The van der Waals surface area contributed by atoms with Crippen molar-refractivity contribution in [3.8, 4) is 0 Å². The van der Waals surface area contributed by atoms with Crippen LogP contribution in [0, 0.1) is 0 Å². The Morgan fingerprint density at radius 1 is 0.804 bits per heavy atom. The van der Waals surface area contributed by atoms with Gasteiger partial charge in [-0.05, 0) is 43.9 Å². The van der Waals surface area contributed by atoms with Gasteiger partial charge in [0, 0.05) is 62.0 Å². The number of hydrogen-bond acceptors (Lipinski definition) is 9. The molecule has 0 saturated heterocycles. The molecule has 0 N–H and O–H groups in total. The van der Waals surface area contributed by atoms with Crippen molar-refractivity contribution in [2.45, 2.75) is 51.4 Å². The van der Waals surface area contributed by atoms with Crippen LogP contribution in [0.5, 0.6) is 0 Å². The SMILES string of the molecule is CC1(C)C(/C=C/C=C2\N(CCCS(=O)(=O)[O-])c3sc4ccccc4c3C2(C)C)=[N+](CCCS(=O)(=O)[O-])c2sc3ccccc3c21.[Na+]. The van der Waals surface area contributed by atoms with Crippen LogP contribution in [0.25, 0.3) is 20.2 Å². The number of rotatable bonds is 10. The minimum absolute atomic E-state index is 0. The largest absolute Gasteiger partial charge is 1.00 e. The van der Waals surface area contributed by atoms with Gasteiger partial charge in [-0.15, -0.1) is 11.3 Å². The van der Waals surface area contributed by atoms with Crippen LogP contribution in [0.3, 0.4) is 0 Å². The monoisotopic (exact) mass is 706 g/mol. The minimum Gasteiger partial charge on any atom is -0.748 e. The number of hydrogen-bond donors (Lipinski definition) is 0. The Morgan fingerprint density at radius 2 is 1.37 bits per heavy atom. The summed E-state index contributed by atoms with van der Waals surface area (Å²) < 4.78 is 73.1. The van der Waals surface area contributed by atoms with Crippen molar-refractivity contribution in [1.29, 1.82) is 0 Å². The first-order valence-corrected chi connectivity index (χ1v) is 19.6. The van der Waals surface area contributed by atoms with Gasteiger partial charge in [0.15, 0.2) is 12.3 Å². The summed E-state index contributed by atoms with van der Waals surface area (Å²) in [5, 5.41) is 4.45. The van der Waals surface area contributed by atoms with E-state index in [-0.39, 0.29) is 53.2 Å². The summed E-state index contributed by atoms with van der Waals surface area (Å²) in [4.78, 5) is 2.15. The maximum Gasteiger partial charge on any atom is 1.00 e. The molecule has 0 atom stereocenters. The van der Waals surface area contributed by atoms with Gasteiger partial charge in [0.05, 0.1) is 31.2 Å². The molecule has 0 bridgehead atoms. The van der Waals surface area contributed by atoms with E-state index >= 15 is 0 Å².